The third-order valence-corrected chi connectivity index (χ3v) is 3.59. The summed E-state index contributed by atoms with van der Waals surface area (Å²) in [6.07, 6.45) is 5.34. The van der Waals surface area contributed by atoms with Crippen LogP contribution in [0, 0.1) is 0 Å². The number of aromatic carboxylic acids is 1. The Bertz CT molecular complexity index is 874. The highest BCUT2D eigenvalue weighted by Crippen LogP contribution is 2.15. The van der Waals surface area contributed by atoms with Crippen LogP contribution >= 0.6 is 12.4 Å². The van der Waals surface area contributed by atoms with Crippen LogP contribution < -0.4 is 5.43 Å². The second kappa shape index (κ2) is 8.12. The fraction of sp³-hybridized carbons (Fsp3) is 0.0556. The number of anilines is 1. The molecule has 0 aliphatic heterocycles. The van der Waals surface area contributed by atoms with Crippen molar-refractivity contribution >= 4 is 29.8 Å². The number of halogens is 1. The SMILES string of the molecule is C/C(=N\Nc1ccccc1C(=O)O)c1ccc(-n2ccnc2)cc1.Cl. The van der Waals surface area contributed by atoms with E-state index in [1.54, 1.807) is 30.7 Å². The van der Waals surface area contributed by atoms with Crippen LogP contribution in [-0.4, -0.2) is 26.3 Å². The van der Waals surface area contributed by atoms with Crippen LogP contribution in [0.15, 0.2) is 72.4 Å². The van der Waals surface area contributed by atoms with Crippen LogP contribution in [0.3, 0.4) is 0 Å². The summed E-state index contributed by atoms with van der Waals surface area (Å²) in [5.74, 6) is -0.990. The number of rotatable bonds is 5. The molecule has 1 heterocycles. The van der Waals surface area contributed by atoms with Crippen molar-refractivity contribution in [2.24, 2.45) is 5.10 Å². The van der Waals surface area contributed by atoms with Crippen molar-refractivity contribution in [2.75, 3.05) is 5.43 Å². The number of carbonyl (C=O) groups is 1. The van der Waals surface area contributed by atoms with Gasteiger partial charge in [-0.25, -0.2) is 9.78 Å². The quantitative estimate of drug-likeness (QED) is 0.538. The highest BCUT2D eigenvalue weighted by atomic mass is 35.5. The minimum atomic E-state index is -0.990. The van der Waals surface area contributed by atoms with Crippen molar-refractivity contribution in [3.8, 4) is 5.69 Å². The van der Waals surface area contributed by atoms with Crippen LogP contribution in [0.1, 0.15) is 22.8 Å². The zero-order valence-corrected chi connectivity index (χ0v) is 14.3. The molecule has 0 amide bonds. The molecule has 128 valence electrons. The van der Waals surface area contributed by atoms with Crippen molar-refractivity contribution in [1.29, 1.82) is 0 Å². The lowest BCUT2D eigenvalue weighted by Crippen LogP contribution is -2.05. The number of carboxylic acids is 1. The topological polar surface area (TPSA) is 79.5 Å². The van der Waals surface area contributed by atoms with Gasteiger partial charge < -0.3 is 9.67 Å². The number of hydrogen-bond acceptors (Lipinski definition) is 4. The number of imidazole rings is 1. The Balaban J connectivity index is 0.00000225. The molecule has 2 N–H and O–H groups in total. The number of hydrazone groups is 1. The van der Waals surface area contributed by atoms with E-state index in [-0.39, 0.29) is 18.0 Å². The van der Waals surface area contributed by atoms with Crippen LogP contribution in [0.4, 0.5) is 5.69 Å². The maximum atomic E-state index is 11.2. The van der Waals surface area contributed by atoms with Crippen LogP contribution in [-0.2, 0) is 0 Å². The number of nitrogens with zero attached hydrogens (tertiary/aromatic N) is 3. The zero-order valence-electron chi connectivity index (χ0n) is 13.5. The smallest absolute Gasteiger partial charge is 0.337 e. The highest BCUT2D eigenvalue weighted by molar-refractivity contribution is 6.00. The average Bonchev–Trinajstić information content (AvgIpc) is 3.14. The lowest BCUT2D eigenvalue weighted by Gasteiger charge is -2.07. The molecule has 3 aromatic rings. The predicted molar refractivity (Wildman–Crippen MR) is 100 cm³/mol. The van der Waals surface area contributed by atoms with Gasteiger partial charge in [-0.3, -0.25) is 5.43 Å². The number of hydrogen-bond donors (Lipinski definition) is 2. The van der Waals surface area contributed by atoms with Crippen molar-refractivity contribution < 1.29 is 9.90 Å². The molecule has 1 aromatic heterocycles. The van der Waals surface area contributed by atoms with E-state index in [4.69, 9.17) is 0 Å². The van der Waals surface area contributed by atoms with Gasteiger partial charge in [0.2, 0.25) is 0 Å². The van der Waals surface area contributed by atoms with Gasteiger partial charge in [-0.2, -0.15) is 5.10 Å². The first-order chi connectivity index (χ1) is 11.6. The molecule has 0 atom stereocenters. The fourth-order valence-electron chi connectivity index (χ4n) is 2.26. The lowest BCUT2D eigenvalue weighted by molar-refractivity contribution is 0.0698. The van der Waals surface area contributed by atoms with E-state index in [0.717, 1.165) is 17.0 Å². The van der Waals surface area contributed by atoms with E-state index < -0.39 is 5.97 Å². The molecular formula is C18H17ClN4O2. The van der Waals surface area contributed by atoms with Gasteiger partial charge in [-0.1, -0.05) is 24.3 Å². The van der Waals surface area contributed by atoms with Crippen molar-refractivity contribution in [3.05, 3.63) is 78.4 Å². The third kappa shape index (κ3) is 4.24. The molecule has 2 aromatic carbocycles. The number of carboxylic acid groups (broad SMARTS) is 1. The minimum Gasteiger partial charge on any atom is -0.478 e. The van der Waals surface area contributed by atoms with E-state index in [1.165, 1.54) is 6.07 Å². The van der Waals surface area contributed by atoms with Crippen molar-refractivity contribution in [3.63, 3.8) is 0 Å². The Morgan fingerprint density at radius 1 is 1.16 bits per heavy atom. The first kappa shape index (κ1) is 18.2. The Labute approximate surface area is 151 Å². The Morgan fingerprint density at radius 2 is 1.88 bits per heavy atom. The number of nitrogens with one attached hydrogen (secondary N) is 1. The largest absolute Gasteiger partial charge is 0.478 e. The molecular weight excluding hydrogens is 340 g/mol. The Kier molecular flexibility index (Phi) is 5.92. The van der Waals surface area contributed by atoms with Crippen LogP contribution in [0.5, 0.6) is 0 Å². The summed E-state index contributed by atoms with van der Waals surface area (Å²) in [6.45, 7) is 1.86. The average molecular weight is 357 g/mol. The Morgan fingerprint density at radius 3 is 2.52 bits per heavy atom. The second-order valence-electron chi connectivity index (χ2n) is 5.18. The van der Waals surface area contributed by atoms with E-state index in [2.05, 4.69) is 15.5 Å². The van der Waals surface area contributed by atoms with E-state index in [9.17, 15) is 9.90 Å². The molecule has 25 heavy (non-hydrogen) atoms. The molecule has 0 saturated carbocycles. The predicted octanol–water partition coefficient (Wildman–Crippen LogP) is 3.83. The highest BCUT2D eigenvalue weighted by Gasteiger charge is 2.08. The van der Waals surface area contributed by atoms with E-state index in [1.807, 2.05) is 42.0 Å². The van der Waals surface area contributed by atoms with Gasteiger partial charge in [0.15, 0.2) is 0 Å². The first-order valence-electron chi connectivity index (χ1n) is 7.36. The zero-order chi connectivity index (χ0) is 16.9. The molecule has 0 aliphatic rings. The van der Waals surface area contributed by atoms with Crippen molar-refractivity contribution in [1.82, 2.24) is 9.55 Å². The van der Waals surface area contributed by atoms with Crippen LogP contribution in [0.25, 0.3) is 5.69 Å². The van der Waals surface area contributed by atoms with Gasteiger partial charge in [0.25, 0.3) is 0 Å². The molecule has 0 saturated heterocycles. The van der Waals surface area contributed by atoms with Gasteiger partial charge >= 0.3 is 5.97 Å². The molecule has 0 unspecified atom stereocenters. The summed E-state index contributed by atoms with van der Waals surface area (Å²) in [5, 5.41) is 13.5. The minimum absolute atomic E-state index is 0. The summed E-state index contributed by atoms with van der Waals surface area (Å²) in [5.41, 5.74) is 6.18. The number of aromatic nitrogens is 2. The molecule has 6 nitrogen and oxygen atoms in total. The standard InChI is InChI=1S/C18H16N4O2.ClH/c1-13(20-21-17-5-3-2-4-16(17)18(23)24)14-6-8-15(9-7-14)22-11-10-19-12-22;/h2-12,21H,1H3,(H,23,24);1H/b20-13+;. The molecule has 0 radical (unpaired) electrons. The second-order valence-corrected chi connectivity index (χ2v) is 5.18. The molecule has 0 fully saturated rings. The summed E-state index contributed by atoms with van der Waals surface area (Å²) in [6, 6.07) is 14.5. The van der Waals surface area contributed by atoms with Gasteiger partial charge in [-0.15, -0.1) is 12.4 Å². The van der Waals surface area contributed by atoms with Crippen LogP contribution in [0.2, 0.25) is 0 Å². The maximum absolute atomic E-state index is 11.2. The Hall–Kier alpha value is -3.12. The van der Waals surface area contributed by atoms with Gasteiger partial charge in [-0.05, 0) is 36.8 Å². The molecule has 3 rings (SSSR count). The van der Waals surface area contributed by atoms with E-state index >= 15 is 0 Å². The summed E-state index contributed by atoms with van der Waals surface area (Å²) in [7, 11) is 0. The van der Waals surface area contributed by atoms with Gasteiger partial charge in [0.05, 0.1) is 23.3 Å². The van der Waals surface area contributed by atoms with E-state index in [0.29, 0.717) is 5.69 Å². The normalized spacial score (nSPS) is 10.8. The number of para-hydroxylation sites is 1. The van der Waals surface area contributed by atoms with Gasteiger partial charge in [0, 0.05) is 18.1 Å². The summed E-state index contributed by atoms with van der Waals surface area (Å²) >= 11 is 0. The third-order valence-electron chi connectivity index (χ3n) is 3.59. The summed E-state index contributed by atoms with van der Waals surface area (Å²) < 4.78 is 1.91. The fourth-order valence-corrected chi connectivity index (χ4v) is 2.26. The molecule has 0 spiro atoms. The molecule has 0 aliphatic carbocycles. The first-order valence-corrected chi connectivity index (χ1v) is 7.36. The monoisotopic (exact) mass is 356 g/mol. The van der Waals surface area contributed by atoms with Crippen molar-refractivity contribution in [2.45, 2.75) is 6.92 Å². The lowest BCUT2D eigenvalue weighted by atomic mass is 10.1. The summed E-state index contributed by atoms with van der Waals surface area (Å²) in [4.78, 5) is 15.2. The molecule has 7 heteroatoms. The van der Waals surface area contributed by atoms with Gasteiger partial charge in [0.1, 0.15) is 0 Å². The number of benzene rings is 2. The maximum Gasteiger partial charge on any atom is 0.337 e. The molecule has 0 bridgehead atoms.